The van der Waals surface area contributed by atoms with Gasteiger partial charge in [0, 0.05) is 22.4 Å². The molecule has 1 aliphatic rings. The molecule has 10 rings (SSSR count). The SMILES string of the molecule is c1ccc(-c2cc(-c3ccccc3)cc(-n3c4ccccc4c4c(-c5ccccc5)cc5c(c43)C(c3ccccc3)c3ccccc3-5)c2)cc1. The third-order valence-corrected chi connectivity index (χ3v) is 10.4. The molecule has 9 aromatic rings. The van der Waals surface area contributed by atoms with Crippen molar-refractivity contribution in [3.8, 4) is 50.2 Å². The topological polar surface area (TPSA) is 4.93 Å². The van der Waals surface area contributed by atoms with E-state index < -0.39 is 0 Å². The average Bonchev–Trinajstić information content (AvgIpc) is 3.72. The molecule has 0 aliphatic heterocycles. The molecule has 0 amide bonds. The third kappa shape index (κ3) is 4.48. The molecule has 0 bridgehead atoms. The van der Waals surface area contributed by atoms with Gasteiger partial charge in [0.15, 0.2) is 0 Å². The van der Waals surface area contributed by atoms with E-state index in [1.165, 1.54) is 83.0 Å². The lowest BCUT2D eigenvalue weighted by Gasteiger charge is -2.20. The molecule has 50 heavy (non-hydrogen) atoms. The van der Waals surface area contributed by atoms with E-state index in [0.717, 1.165) is 5.69 Å². The van der Waals surface area contributed by atoms with Crippen molar-refractivity contribution < 1.29 is 0 Å². The highest BCUT2D eigenvalue weighted by Gasteiger charge is 2.35. The monoisotopic (exact) mass is 635 g/mol. The molecule has 234 valence electrons. The van der Waals surface area contributed by atoms with Crippen LogP contribution >= 0.6 is 0 Å². The molecule has 1 heteroatoms. The highest BCUT2D eigenvalue weighted by Crippen LogP contribution is 2.55. The summed E-state index contributed by atoms with van der Waals surface area (Å²) >= 11 is 0. The van der Waals surface area contributed by atoms with Gasteiger partial charge in [-0.1, -0.05) is 164 Å². The van der Waals surface area contributed by atoms with E-state index >= 15 is 0 Å². The average molecular weight is 636 g/mol. The van der Waals surface area contributed by atoms with Crippen LogP contribution in [-0.4, -0.2) is 4.57 Å². The summed E-state index contributed by atoms with van der Waals surface area (Å²) in [6.07, 6.45) is 0. The predicted molar refractivity (Wildman–Crippen MR) is 210 cm³/mol. The standard InChI is InChI=1S/C49H33N/c1-5-17-33(18-6-1)37-29-38(34-19-7-2-8-20-34)31-39(30-37)50-45-28-16-15-27-42(45)47-43(35-21-9-3-10-22-35)32-44-40-25-13-14-26-41(40)46(48(44)49(47)50)36-23-11-4-12-24-36/h1-32,46H. The van der Waals surface area contributed by atoms with Crippen LogP contribution in [0.3, 0.4) is 0 Å². The summed E-state index contributed by atoms with van der Waals surface area (Å²) < 4.78 is 2.57. The zero-order valence-corrected chi connectivity index (χ0v) is 27.5. The lowest BCUT2D eigenvalue weighted by atomic mass is 9.86. The Balaban J connectivity index is 1.40. The van der Waals surface area contributed by atoms with Crippen molar-refractivity contribution in [2.24, 2.45) is 0 Å². The minimum atomic E-state index is 0.101. The summed E-state index contributed by atoms with van der Waals surface area (Å²) in [6, 6.07) is 71.2. The molecule has 8 aromatic carbocycles. The second-order valence-corrected chi connectivity index (χ2v) is 13.3. The number of nitrogens with zero attached hydrogens (tertiary/aromatic N) is 1. The van der Waals surface area contributed by atoms with E-state index in [1.54, 1.807) is 0 Å². The van der Waals surface area contributed by atoms with Gasteiger partial charge in [-0.05, 0) is 91.5 Å². The number of aromatic nitrogens is 1. The molecule has 0 saturated heterocycles. The summed E-state index contributed by atoms with van der Waals surface area (Å²) in [4.78, 5) is 0. The van der Waals surface area contributed by atoms with Crippen LogP contribution < -0.4 is 0 Å². The van der Waals surface area contributed by atoms with Crippen molar-refractivity contribution in [2.75, 3.05) is 0 Å². The maximum absolute atomic E-state index is 2.57. The first-order valence-corrected chi connectivity index (χ1v) is 17.4. The Bertz CT molecular complexity index is 2610. The van der Waals surface area contributed by atoms with Crippen LogP contribution in [-0.2, 0) is 0 Å². The predicted octanol–water partition coefficient (Wildman–Crippen LogP) is 12.9. The van der Waals surface area contributed by atoms with Gasteiger partial charge in [-0.25, -0.2) is 0 Å². The van der Waals surface area contributed by atoms with Crippen LogP contribution in [0.1, 0.15) is 22.6 Å². The zero-order chi connectivity index (χ0) is 33.0. The largest absolute Gasteiger partial charge is 0.309 e. The van der Waals surface area contributed by atoms with E-state index in [9.17, 15) is 0 Å². The number of hydrogen-bond acceptors (Lipinski definition) is 0. The van der Waals surface area contributed by atoms with Crippen molar-refractivity contribution in [1.29, 1.82) is 0 Å². The van der Waals surface area contributed by atoms with E-state index in [4.69, 9.17) is 0 Å². The third-order valence-electron chi connectivity index (χ3n) is 10.4. The summed E-state index contributed by atoms with van der Waals surface area (Å²) in [5.74, 6) is 0.101. The Hall–Kier alpha value is -6.44. The molecule has 1 nitrogen and oxygen atoms in total. The first kappa shape index (κ1) is 28.6. The van der Waals surface area contributed by atoms with Gasteiger partial charge in [-0.3, -0.25) is 0 Å². The first-order chi connectivity index (χ1) is 24.8. The summed E-state index contributed by atoms with van der Waals surface area (Å²) in [5.41, 5.74) is 17.6. The Morgan fingerprint density at radius 1 is 0.380 bits per heavy atom. The van der Waals surface area contributed by atoms with Gasteiger partial charge < -0.3 is 4.57 Å². The fourth-order valence-electron chi connectivity index (χ4n) is 8.29. The van der Waals surface area contributed by atoms with Crippen molar-refractivity contribution in [1.82, 2.24) is 4.57 Å². The minimum Gasteiger partial charge on any atom is -0.309 e. The maximum Gasteiger partial charge on any atom is 0.0595 e. The second-order valence-electron chi connectivity index (χ2n) is 13.3. The van der Waals surface area contributed by atoms with Gasteiger partial charge in [0.25, 0.3) is 0 Å². The van der Waals surface area contributed by atoms with E-state index in [0.29, 0.717) is 0 Å². The van der Waals surface area contributed by atoms with E-state index in [-0.39, 0.29) is 5.92 Å². The smallest absolute Gasteiger partial charge is 0.0595 e. The quantitative estimate of drug-likeness (QED) is 0.177. The molecule has 0 radical (unpaired) electrons. The van der Waals surface area contributed by atoms with Gasteiger partial charge in [0.2, 0.25) is 0 Å². The van der Waals surface area contributed by atoms with Gasteiger partial charge in [0.1, 0.15) is 0 Å². The van der Waals surface area contributed by atoms with Crippen LogP contribution in [0.25, 0.3) is 72.0 Å². The van der Waals surface area contributed by atoms with Crippen molar-refractivity contribution in [3.63, 3.8) is 0 Å². The minimum absolute atomic E-state index is 0.101. The second kappa shape index (κ2) is 11.6. The van der Waals surface area contributed by atoms with Crippen LogP contribution in [0.4, 0.5) is 0 Å². The molecule has 0 N–H and O–H groups in total. The molecule has 0 saturated carbocycles. The van der Waals surface area contributed by atoms with Crippen LogP contribution in [0.15, 0.2) is 194 Å². The highest BCUT2D eigenvalue weighted by molar-refractivity contribution is 6.19. The molecule has 1 heterocycles. The lowest BCUT2D eigenvalue weighted by Crippen LogP contribution is -2.04. The molecular formula is C49H33N. The van der Waals surface area contributed by atoms with Gasteiger partial charge in [0.05, 0.1) is 11.0 Å². The molecular weight excluding hydrogens is 603 g/mol. The molecule has 1 aliphatic carbocycles. The molecule has 1 aromatic heterocycles. The summed E-state index contributed by atoms with van der Waals surface area (Å²) in [5, 5.41) is 2.56. The Labute approximate surface area is 292 Å². The number of benzene rings is 8. The Morgan fingerprint density at radius 2 is 0.920 bits per heavy atom. The number of fused-ring (bicyclic) bond motifs is 7. The van der Waals surface area contributed by atoms with Gasteiger partial charge >= 0.3 is 0 Å². The van der Waals surface area contributed by atoms with Crippen molar-refractivity contribution >= 4 is 21.8 Å². The lowest BCUT2D eigenvalue weighted by molar-refractivity contribution is 1.01. The summed E-state index contributed by atoms with van der Waals surface area (Å²) in [6.45, 7) is 0. The van der Waals surface area contributed by atoms with Crippen LogP contribution in [0.5, 0.6) is 0 Å². The number of hydrogen-bond donors (Lipinski definition) is 0. The number of rotatable bonds is 5. The molecule has 1 atom stereocenters. The Kier molecular flexibility index (Phi) is 6.63. The molecule has 1 unspecified atom stereocenters. The van der Waals surface area contributed by atoms with Gasteiger partial charge in [-0.15, -0.1) is 0 Å². The Morgan fingerprint density at radius 3 is 1.58 bits per heavy atom. The maximum atomic E-state index is 2.57. The van der Waals surface area contributed by atoms with E-state index in [1.807, 2.05) is 0 Å². The number of para-hydroxylation sites is 1. The van der Waals surface area contributed by atoms with Crippen LogP contribution in [0.2, 0.25) is 0 Å². The van der Waals surface area contributed by atoms with Gasteiger partial charge in [-0.2, -0.15) is 0 Å². The summed E-state index contributed by atoms with van der Waals surface area (Å²) in [7, 11) is 0. The molecule has 0 fully saturated rings. The highest BCUT2D eigenvalue weighted by atomic mass is 15.0. The van der Waals surface area contributed by atoms with Crippen molar-refractivity contribution in [3.05, 3.63) is 211 Å². The van der Waals surface area contributed by atoms with Crippen LogP contribution in [0, 0.1) is 0 Å². The van der Waals surface area contributed by atoms with Crippen molar-refractivity contribution in [2.45, 2.75) is 5.92 Å². The first-order valence-electron chi connectivity index (χ1n) is 17.4. The van der Waals surface area contributed by atoms with E-state index in [2.05, 4.69) is 199 Å². The fourth-order valence-corrected chi connectivity index (χ4v) is 8.29. The molecule has 0 spiro atoms. The normalized spacial score (nSPS) is 13.4. The fraction of sp³-hybridized carbons (Fsp3) is 0.0204. The zero-order valence-electron chi connectivity index (χ0n) is 27.5.